The number of piperidine rings is 1. The highest BCUT2D eigenvalue weighted by molar-refractivity contribution is 5.67. The van der Waals surface area contributed by atoms with E-state index in [1.165, 1.54) is 13.5 Å². The van der Waals surface area contributed by atoms with Crippen molar-refractivity contribution in [2.45, 2.75) is 33.6 Å². The second-order valence-electron chi connectivity index (χ2n) is 5.12. The summed E-state index contributed by atoms with van der Waals surface area (Å²) >= 11 is 0. The lowest BCUT2D eigenvalue weighted by Crippen LogP contribution is -2.43. The van der Waals surface area contributed by atoms with E-state index in [0.717, 1.165) is 19.5 Å². The molecule has 0 radical (unpaired) electrons. The molecule has 3 heteroatoms. The molecule has 0 bridgehead atoms. The van der Waals surface area contributed by atoms with E-state index in [4.69, 9.17) is 4.74 Å². The minimum atomic E-state index is -0.182. The number of hydrogen-bond acceptors (Lipinski definition) is 2. The van der Waals surface area contributed by atoms with Crippen LogP contribution in [0, 0.1) is 11.3 Å². The Hall–Kier alpha value is -0.730. The molecule has 1 atom stereocenters. The maximum atomic E-state index is 11.3. The number of likely N-dealkylation sites (tertiary alicyclic amines) is 1. The van der Waals surface area contributed by atoms with Crippen LogP contribution in [0.1, 0.15) is 33.6 Å². The standard InChI is InChI=1S/C11H21NO2/c1-11(2,3)9-6-5-7-12(8-9)10(13)14-4/h9H,5-8H2,1-4H3/t9-/m1/s1. The minimum absolute atomic E-state index is 0.182. The summed E-state index contributed by atoms with van der Waals surface area (Å²) in [7, 11) is 1.45. The van der Waals surface area contributed by atoms with Crippen LogP contribution in [0.15, 0.2) is 0 Å². The van der Waals surface area contributed by atoms with Crippen molar-refractivity contribution in [2.24, 2.45) is 11.3 Å². The molecular weight excluding hydrogens is 178 g/mol. The van der Waals surface area contributed by atoms with Crippen LogP contribution >= 0.6 is 0 Å². The van der Waals surface area contributed by atoms with E-state index in [0.29, 0.717) is 5.92 Å². The predicted molar refractivity (Wildman–Crippen MR) is 56.2 cm³/mol. The molecule has 0 unspecified atom stereocenters. The third-order valence-electron chi connectivity index (χ3n) is 3.08. The van der Waals surface area contributed by atoms with Gasteiger partial charge in [0.2, 0.25) is 0 Å². The molecule has 82 valence electrons. The molecule has 1 aliphatic rings. The molecule has 1 heterocycles. The summed E-state index contributed by atoms with van der Waals surface area (Å²) in [6, 6.07) is 0. The molecule has 1 fully saturated rings. The highest BCUT2D eigenvalue weighted by Gasteiger charge is 2.31. The molecule has 0 aromatic carbocycles. The van der Waals surface area contributed by atoms with Gasteiger partial charge in [0.1, 0.15) is 0 Å². The predicted octanol–water partition coefficient (Wildman–Crippen LogP) is 2.51. The van der Waals surface area contributed by atoms with E-state index in [9.17, 15) is 4.79 Å². The van der Waals surface area contributed by atoms with Crippen LogP contribution in [0.25, 0.3) is 0 Å². The van der Waals surface area contributed by atoms with E-state index in [2.05, 4.69) is 20.8 Å². The molecule has 1 saturated heterocycles. The summed E-state index contributed by atoms with van der Waals surface area (Å²) in [5.74, 6) is 0.593. The fourth-order valence-corrected chi connectivity index (χ4v) is 1.98. The van der Waals surface area contributed by atoms with Crippen molar-refractivity contribution in [1.82, 2.24) is 4.90 Å². The maximum absolute atomic E-state index is 11.3. The lowest BCUT2D eigenvalue weighted by molar-refractivity contribution is 0.0748. The number of rotatable bonds is 0. The molecule has 3 nitrogen and oxygen atoms in total. The summed E-state index contributed by atoms with van der Waals surface area (Å²) in [5.41, 5.74) is 0.284. The van der Waals surface area contributed by atoms with Crippen LogP contribution in [0.3, 0.4) is 0 Å². The first-order valence-corrected chi connectivity index (χ1v) is 5.28. The van der Waals surface area contributed by atoms with Crippen molar-refractivity contribution >= 4 is 6.09 Å². The van der Waals surface area contributed by atoms with Crippen LogP contribution in [0.5, 0.6) is 0 Å². The molecule has 0 aromatic heterocycles. The zero-order valence-corrected chi connectivity index (χ0v) is 9.67. The zero-order chi connectivity index (χ0) is 10.8. The lowest BCUT2D eigenvalue weighted by Gasteiger charge is -2.38. The summed E-state index contributed by atoms with van der Waals surface area (Å²) in [6.45, 7) is 8.39. The number of nitrogens with zero attached hydrogens (tertiary/aromatic N) is 1. The summed E-state index contributed by atoms with van der Waals surface area (Å²) in [5, 5.41) is 0. The normalized spacial score (nSPS) is 23.4. The Bertz CT molecular complexity index is 208. The first kappa shape index (κ1) is 11.3. The summed E-state index contributed by atoms with van der Waals surface area (Å²) in [4.78, 5) is 13.2. The van der Waals surface area contributed by atoms with Gasteiger partial charge in [0.05, 0.1) is 7.11 Å². The molecule has 14 heavy (non-hydrogen) atoms. The van der Waals surface area contributed by atoms with Gasteiger partial charge < -0.3 is 9.64 Å². The van der Waals surface area contributed by atoms with Gasteiger partial charge in [-0.1, -0.05) is 20.8 Å². The monoisotopic (exact) mass is 199 g/mol. The SMILES string of the molecule is COC(=O)N1CCC[C@@H](C(C)(C)C)C1. The Morgan fingerprint density at radius 1 is 1.43 bits per heavy atom. The van der Waals surface area contributed by atoms with Gasteiger partial charge in [-0.05, 0) is 24.2 Å². The second-order valence-corrected chi connectivity index (χ2v) is 5.12. The Kier molecular flexibility index (Phi) is 3.40. The minimum Gasteiger partial charge on any atom is -0.453 e. The number of carbonyl (C=O) groups is 1. The van der Waals surface area contributed by atoms with Gasteiger partial charge in [-0.2, -0.15) is 0 Å². The van der Waals surface area contributed by atoms with Crippen LogP contribution in [0.4, 0.5) is 4.79 Å². The molecule has 0 aromatic rings. The molecule has 0 aliphatic carbocycles. The first-order valence-electron chi connectivity index (χ1n) is 5.28. The van der Waals surface area contributed by atoms with Gasteiger partial charge >= 0.3 is 6.09 Å². The van der Waals surface area contributed by atoms with E-state index in [1.54, 1.807) is 0 Å². The molecule has 1 aliphatic heterocycles. The summed E-state index contributed by atoms with van der Waals surface area (Å²) in [6.07, 6.45) is 2.13. The highest BCUT2D eigenvalue weighted by Crippen LogP contribution is 2.33. The van der Waals surface area contributed by atoms with E-state index < -0.39 is 0 Å². The molecular formula is C11H21NO2. The topological polar surface area (TPSA) is 29.5 Å². The van der Waals surface area contributed by atoms with Crippen LogP contribution in [0.2, 0.25) is 0 Å². The fraction of sp³-hybridized carbons (Fsp3) is 0.909. The van der Waals surface area contributed by atoms with Crippen LogP contribution in [-0.4, -0.2) is 31.2 Å². The zero-order valence-electron chi connectivity index (χ0n) is 9.67. The fourth-order valence-electron chi connectivity index (χ4n) is 1.98. The van der Waals surface area contributed by atoms with Crippen molar-refractivity contribution in [3.05, 3.63) is 0 Å². The van der Waals surface area contributed by atoms with E-state index in [-0.39, 0.29) is 11.5 Å². The summed E-state index contributed by atoms with van der Waals surface area (Å²) < 4.78 is 4.74. The van der Waals surface area contributed by atoms with Crippen molar-refractivity contribution in [2.75, 3.05) is 20.2 Å². The average molecular weight is 199 g/mol. The van der Waals surface area contributed by atoms with Gasteiger partial charge in [-0.3, -0.25) is 0 Å². The Morgan fingerprint density at radius 2 is 2.07 bits per heavy atom. The number of methoxy groups -OCH3 is 1. The third kappa shape index (κ3) is 2.63. The van der Waals surface area contributed by atoms with Crippen molar-refractivity contribution < 1.29 is 9.53 Å². The quantitative estimate of drug-likeness (QED) is 0.600. The van der Waals surface area contributed by atoms with E-state index >= 15 is 0 Å². The molecule has 1 amide bonds. The maximum Gasteiger partial charge on any atom is 0.409 e. The van der Waals surface area contributed by atoms with Gasteiger partial charge in [-0.25, -0.2) is 4.79 Å². The van der Waals surface area contributed by atoms with Crippen LogP contribution in [-0.2, 0) is 4.74 Å². The lowest BCUT2D eigenvalue weighted by atomic mass is 9.76. The Labute approximate surface area is 86.4 Å². The molecule has 0 saturated carbocycles. The van der Waals surface area contributed by atoms with Gasteiger partial charge in [-0.15, -0.1) is 0 Å². The molecule has 1 rings (SSSR count). The van der Waals surface area contributed by atoms with Gasteiger partial charge in [0.15, 0.2) is 0 Å². The largest absolute Gasteiger partial charge is 0.453 e. The molecule has 0 N–H and O–H groups in total. The highest BCUT2D eigenvalue weighted by atomic mass is 16.5. The molecule has 0 spiro atoms. The van der Waals surface area contributed by atoms with Gasteiger partial charge in [0.25, 0.3) is 0 Å². The van der Waals surface area contributed by atoms with Crippen molar-refractivity contribution in [3.63, 3.8) is 0 Å². The number of hydrogen-bond donors (Lipinski definition) is 0. The smallest absolute Gasteiger partial charge is 0.409 e. The first-order chi connectivity index (χ1) is 6.45. The second kappa shape index (κ2) is 4.20. The number of carbonyl (C=O) groups excluding carboxylic acids is 1. The number of amides is 1. The Balaban J connectivity index is 2.56. The van der Waals surface area contributed by atoms with Crippen molar-refractivity contribution in [1.29, 1.82) is 0 Å². The van der Waals surface area contributed by atoms with E-state index in [1.807, 2.05) is 4.90 Å². The Morgan fingerprint density at radius 3 is 2.57 bits per heavy atom. The van der Waals surface area contributed by atoms with Crippen LogP contribution < -0.4 is 0 Å². The van der Waals surface area contributed by atoms with Gasteiger partial charge in [0, 0.05) is 13.1 Å². The number of ether oxygens (including phenoxy) is 1. The average Bonchev–Trinajstić information content (AvgIpc) is 2.15. The van der Waals surface area contributed by atoms with Crippen molar-refractivity contribution in [3.8, 4) is 0 Å². The third-order valence-corrected chi connectivity index (χ3v) is 3.08.